The van der Waals surface area contributed by atoms with Gasteiger partial charge in [-0.05, 0) is 25.3 Å². The van der Waals surface area contributed by atoms with Gasteiger partial charge in [-0.1, -0.05) is 43.2 Å². The van der Waals surface area contributed by atoms with E-state index in [1.807, 2.05) is 30.0 Å². The highest BCUT2D eigenvalue weighted by atomic mass is 16.5. The quantitative estimate of drug-likeness (QED) is 0.905. The normalized spacial score (nSPS) is 26.7. The molecule has 1 N–H and O–H groups in total. The summed E-state index contributed by atoms with van der Waals surface area (Å²) in [5, 5.41) is 3.37. The van der Waals surface area contributed by atoms with Gasteiger partial charge in [0.2, 0.25) is 5.91 Å². The predicted octanol–water partition coefficient (Wildman–Crippen LogP) is 2.46. The van der Waals surface area contributed by atoms with Crippen molar-refractivity contribution in [3.05, 3.63) is 35.9 Å². The first-order chi connectivity index (χ1) is 10.3. The molecule has 2 fully saturated rings. The van der Waals surface area contributed by atoms with Gasteiger partial charge in [0.15, 0.2) is 0 Å². The highest BCUT2D eigenvalue weighted by Gasteiger charge is 2.36. The SMILES string of the molecule is CC1NC(c2ccccc2)N(CCOC2CCCC2)C1=O. The third-order valence-electron chi connectivity index (χ3n) is 4.48. The number of nitrogens with one attached hydrogen (secondary N) is 1. The van der Waals surface area contributed by atoms with Crippen LogP contribution in [0.2, 0.25) is 0 Å². The van der Waals surface area contributed by atoms with Crippen LogP contribution in [0.3, 0.4) is 0 Å². The lowest BCUT2D eigenvalue weighted by Crippen LogP contribution is -2.34. The number of amides is 1. The molecule has 1 heterocycles. The van der Waals surface area contributed by atoms with Crippen molar-refractivity contribution in [2.45, 2.75) is 50.9 Å². The maximum Gasteiger partial charge on any atom is 0.241 e. The summed E-state index contributed by atoms with van der Waals surface area (Å²) in [6.45, 7) is 3.22. The zero-order chi connectivity index (χ0) is 14.7. The smallest absolute Gasteiger partial charge is 0.241 e. The summed E-state index contributed by atoms with van der Waals surface area (Å²) in [6.07, 6.45) is 5.27. The van der Waals surface area contributed by atoms with Gasteiger partial charge in [-0.15, -0.1) is 0 Å². The Morgan fingerprint density at radius 2 is 1.95 bits per heavy atom. The van der Waals surface area contributed by atoms with Crippen molar-refractivity contribution in [3.63, 3.8) is 0 Å². The molecule has 1 aliphatic carbocycles. The molecule has 0 aromatic heterocycles. The Morgan fingerprint density at radius 3 is 2.67 bits per heavy atom. The molecule has 114 valence electrons. The van der Waals surface area contributed by atoms with Gasteiger partial charge in [0.1, 0.15) is 6.17 Å². The molecule has 1 aromatic rings. The molecule has 1 saturated heterocycles. The fourth-order valence-electron chi connectivity index (χ4n) is 3.30. The monoisotopic (exact) mass is 288 g/mol. The number of hydrogen-bond donors (Lipinski definition) is 1. The fraction of sp³-hybridized carbons (Fsp3) is 0.588. The largest absolute Gasteiger partial charge is 0.376 e. The van der Waals surface area contributed by atoms with Crippen LogP contribution in [-0.4, -0.2) is 36.1 Å². The second kappa shape index (κ2) is 6.58. The van der Waals surface area contributed by atoms with E-state index in [-0.39, 0.29) is 18.1 Å². The van der Waals surface area contributed by atoms with E-state index in [0.29, 0.717) is 19.3 Å². The van der Waals surface area contributed by atoms with Crippen LogP contribution in [0.25, 0.3) is 0 Å². The van der Waals surface area contributed by atoms with Crippen molar-refractivity contribution < 1.29 is 9.53 Å². The number of hydrogen-bond acceptors (Lipinski definition) is 3. The first kappa shape index (κ1) is 14.5. The number of nitrogens with zero attached hydrogens (tertiary/aromatic N) is 1. The van der Waals surface area contributed by atoms with E-state index in [4.69, 9.17) is 4.74 Å². The Hall–Kier alpha value is -1.39. The van der Waals surface area contributed by atoms with Gasteiger partial charge in [-0.25, -0.2) is 0 Å². The molecule has 4 nitrogen and oxygen atoms in total. The summed E-state index contributed by atoms with van der Waals surface area (Å²) in [7, 11) is 0. The van der Waals surface area contributed by atoms with Crippen LogP contribution in [0.4, 0.5) is 0 Å². The van der Waals surface area contributed by atoms with E-state index in [1.54, 1.807) is 0 Å². The Morgan fingerprint density at radius 1 is 1.24 bits per heavy atom. The van der Waals surface area contributed by atoms with Crippen LogP contribution in [0.1, 0.15) is 44.3 Å². The van der Waals surface area contributed by atoms with Crippen LogP contribution in [-0.2, 0) is 9.53 Å². The predicted molar refractivity (Wildman–Crippen MR) is 81.7 cm³/mol. The molecule has 21 heavy (non-hydrogen) atoms. The van der Waals surface area contributed by atoms with Gasteiger partial charge in [0.25, 0.3) is 0 Å². The molecule has 1 saturated carbocycles. The summed E-state index contributed by atoms with van der Waals surface area (Å²) in [6, 6.07) is 10.0. The average Bonchev–Trinajstić information content (AvgIpc) is 3.11. The molecule has 2 atom stereocenters. The van der Waals surface area contributed by atoms with E-state index in [1.165, 1.54) is 25.7 Å². The van der Waals surface area contributed by atoms with Crippen LogP contribution < -0.4 is 5.32 Å². The van der Waals surface area contributed by atoms with Gasteiger partial charge >= 0.3 is 0 Å². The number of rotatable bonds is 5. The van der Waals surface area contributed by atoms with Crippen molar-refractivity contribution in [1.29, 1.82) is 0 Å². The van der Waals surface area contributed by atoms with Crippen LogP contribution in [0.15, 0.2) is 30.3 Å². The van der Waals surface area contributed by atoms with Crippen LogP contribution in [0, 0.1) is 0 Å². The first-order valence-electron chi connectivity index (χ1n) is 7.99. The molecule has 2 aliphatic rings. The molecular formula is C17H24N2O2. The molecule has 1 amide bonds. The first-order valence-corrected chi connectivity index (χ1v) is 7.99. The zero-order valence-corrected chi connectivity index (χ0v) is 12.6. The molecule has 2 unspecified atom stereocenters. The molecule has 1 aromatic carbocycles. The summed E-state index contributed by atoms with van der Waals surface area (Å²) < 4.78 is 5.91. The van der Waals surface area contributed by atoms with Gasteiger partial charge in [0.05, 0.1) is 18.8 Å². The maximum atomic E-state index is 12.3. The van der Waals surface area contributed by atoms with E-state index in [9.17, 15) is 4.79 Å². The summed E-state index contributed by atoms with van der Waals surface area (Å²) >= 11 is 0. The Kier molecular flexibility index (Phi) is 4.56. The lowest BCUT2D eigenvalue weighted by molar-refractivity contribution is -0.130. The lowest BCUT2D eigenvalue weighted by atomic mass is 10.1. The fourth-order valence-corrected chi connectivity index (χ4v) is 3.30. The number of ether oxygens (including phenoxy) is 1. The Labute approximate surface area is 126 Å². The third kappa shape index (κ3) is 3.27. The van der Waals surface area contributed by atoms with Crippen molar-refractivity contribution >= 4 is 5.91 Å². The minimum absolute atomic E-state index is 0.0270. The maximum absolute atomic E-state index is 12.3. The molecule has 0 bridgehead atoms. The van der Waals surface area contributed by atoms with Crippen LogP contribution >= 0.6 is 0 Å². The third-order valence-corrected chi connectivity index (χ3v) is 4.48. The topological polar surface area (TPSA) is 41.6 Å². The van der Waals surface area contributed by atoms with E-state index in [0.717, 1.165) is 5.56 Å². The minimum atomic E-state index is -0.123. The van der Waals surface area contributed by atoms with Gasteiger partial charge < -0.3 is 9.64 Å². The second-order valence-electron chi connectivity index (χ2n) is 6.01. The average molecular weight is 288 g/mol. The highest BCUT2D eigenvalue weighted by molar-refractivity contribution is 5.84. The van der Waals surface area contributed by atoms with E-state index < -0.39 is 0 Å². The van der Waals surface area contributed by atoms with Crippen molar-refractivity contribution in [3.8, 4) is 0 Å². The standard InChI is InChI=1S/C17H24N2O2/c1-13-17(20)19(11-12-21-15-9-5-6-10-15)16(18-13)14-7-3-2-4-8-14/h2-4,7-8,13,15-16,18H,5-6,9-12H2,1H3. The van der Waals surface area contributed by atoms with Crippen LogP contribution in [0.5, 0.6) is 0 Å². The number of benzene rings is 1. The Balaban J connectivity index is 1.61. The number of carbonyl (C=O) groups is 1. The summed E-state index contributed by atoms with van der Waals surface area (Å²) in [5.74, 6) is 0.166. The molecule has 4 heteroatoms. The molecule has 1 aliphatic heterocycles. The van der Waals surface area contributed by atoms with Gasteiger partial charge in [-0.3, -0.25) is 10.1 Å². The Bertz CT molecular complexity index is 471. The van der Waals surface area contributed by atoms with Crippen molar-refractivity contribution in [2.24, 2.45) is 0 Å². The van der Waals surface area contributed by atoms with Gasteiger partial charge in [-0.2, -0.15) is 0 Å². The zero-order valence-electron chi connectivity index (χ0n) is 12.6. The second-order valence-corrected chi connectivity index (χ2v) is 6.01. The number of carbonyl (C=O) groups excluding carboxylic acids is 1. The summed E-state index contributed by atoms with van der Waals surface area (Å²) in [5.41, 5.74) is 1.14. The molecule has 0 spiro atoms. The van der Waals surface area contributed by atoms with Crippen molar-refractivity contribution in [2.75, 3.05) is 13.2 Å². The van der Waals surface area contributed by atoms with E-state index >= 15 is 0 Å². The van der Waals surface area contributed by atoms with E-state index in [2.05, 4.69) is 17.4 Å². The minimum Gasteiger partial charge on any atom is -0.376 e. The molecule has 3 rings (SSSR count). The summed E-state index contributed by atoms with van der Waals surface area (Å²) in [4.78, 5) is 14.2. The molecule has 0 radical (unpaired) electrons. The van der Waals surface area contributed by atoms with Crippen molar-refractivity contribution in [1.82, 2.24) is 10.2 Å². The highest BCUT2D eigenvalue weighted by Crippen LogP contribution is 2.25. The lowest BCUT2D eigenvalue weighted by Gasteiger charge is -2.25. The molecular weight excluding hydrogens is 264 g/mol. The van der Waals surface area contributed by atoms with Gasteiger partial charge in [0, 0.05) is 6.54 Å².